The summed E-state index contributed by atoms with van der Waals surface area (Å²) in [7, 11) is 1.27. The molecule has 0 aromatic heterocycles. The van der Waals surface area contributed by atoms with E-state index in [4.69, 9.17) is 17.3 Å². The molecule has 0 radical (unpaired) electrons. The van der Waals surface area contributed by atoms with Crippen LogP contribution in [0, 0.1) is 5.82 Å². The lowest BCUT2D eigenvalue weighted by molar-refractivity contribution is -0.142. The molecule has 0 saturated carbocycles. The summed E-state index contributed by atoms with van der Waals surface area (Å²) < 4.78 is 17.3. The number of amides is 1. The van der Waals surface area contributed by atoms with E-state index >= 15 is 0 Å². The van der Waals surface area contributed by atoms with Gasteiger partial charge in [0.1, 0.15) is 11.9 Å². The van der Waals surface area contributed by atoms with E-state index in [9.17, 15) is 14.0 Å². The fraction of sp³-hybridized carbons (Fsp3) is 0.385. The molecule has 0 bridgehead atoms. The van der Waals surface area contributed by atoms with Gasteiger partial charge in [0.25, 0.3) is 0 Å². The highest BCUT2D eigenvalue weighted by atomic mass is 35.5. The van der Waals surface area contributed by atoms with E-state index in [0.717, 1.165) is 6.07 Å². The first-order valence-electron chi connectivity index (χ1n) is 6.10. The molecule has 3 N–H and O–H groups in total. The average molecular weight is 335 g/mol. The Morgan fingerprint density at radius 3 is 2.86 bits per heavy atom. The Balaban J connectivity index is 2.30. The van der Waals surface area contributed by atoms with Crippen molar-refractivity contribution < 1.29 is 18.7 Å². The SMILES string of the molecule is COC(=O)C(N)CCSCC(=O)Nc1ccc(F)cc1Cl. The summed E-state index contributed by atoms with van der Waals surface area (Å²) in [6.45, 7) is 0. The van der Waals surface area contributed by atoms with Gasteiger partial charge in [0.2, 0.25) is 5.91 Å². The number of ether oxygens (including phenoxy) is 1. The molecule has 0 aliphatic carbocycles. The smallest absolute Gasteiger partial charge is 0.322 e. The number of nitrogens with one attached hydrogen (secondary N) is 1. The maximum atomic E-state index is 12.9. The highest BCUT2D eigenvalue weighted by Gasteiger charge is 2.13. The molecule has 0 saturated heterocycles. The van der Waals surface area contributed by atoms with Crippen molar-refractivity contribution in [2.24, 2.45) is 5.73 Å². The van der Waals surface area contributed by atoms with Crippen molar-refractivity contribution in [1.29, 1.82) is 0 Å². The lowest BCUT2D eigenvalue weighted by atomic mass is 10.2. The van der Waals surface area contributed by atoms with Gasteiger partial charge in [-0.05, 0) is 30.4 Å². The van der Waals surface area contributed by atoms with Crippen LogP contribution in [-0.4, -0.2) is 36.5 Å². The molecule has 1 atom stereocenters. The minimum absolute atomic E-state index is 0.140. The third-order valence-corrected chi connectivity index (χ3v) is 3.82. The van der Waals surface area contributed by atoms with Crippen LogP contribution in [0.1, 0.15) is 6.42 Å². The number of carbonyl (C=O) groups is 2. The molecule has 0 spiro atoms. The molecular weight excluding hydrogens is 319 g/mol. The van der Waals surface area contributed by atoms with E-state index < -0.39 is 17.8 Å². The van der Waals surface area contributed by atoms with Gasteiger partial charge in [0, 0.05) is 0 Å². The van der Waals surface area contributed by atoms with Crippen molar-refractivity contribution in [2.75, 3.05) is 23.9 Å². The van der Waals surface area contributed by atoms with E-state index in [1.165, 1.54) is 31.0 Å². The van der Waals surface area contributed by atoms with Gasteiger partial charge in [-0.25, -0.2) is 4.39 Å². The fourth-order valence-electron chi connectivity index (χ4n) is 1.42. The Morgan fingerprint density at radius 1 is 1.52 bits per heavy atom. The summed E-state index contributed by atoms with van der Waals surface area (Å²) in [5, 5.41) is 2.72. The van der Waals surface area contributed by atoms with E-state index in [2.05, 4.69) is 10.1 Å². The Morgan fingerprint density at radius 2 is 2.24 bits per heavy atom. The highest BCUT2D eigenvalue weighted by Crippen LogP contribution is 2.22. The van der Waals surface area contributed by atoms with Crippen LogP contribution in [0.2, 0.25) is 5.02 Å². The predicted molar refractivity (Wildman–Crippen MR) is 82.0 cm³/mol. The molecule has 0 aliphatic heterocycles. The number of nitrogens with two attached hydrogens (primary N) is 1. The molecule has 1 aromatic carbocycles. The van der Waals surface area contributed by atoms with E-state index in [-0.39, 0.29) is 16.7 Å². The van der Waals surface area contributed by atoms with Gasteiger partial charge in [-0.1, -0.05) is 11.6 Å². The highest BCUT2D eigenvalue weighted by molar-refractivity contribution is 7.99. The second-order valence-electron chi connectivity index (χ2n) is 4.14. The van der Waals surface area contributed by atoms with Gasteiger partial charge in [-0.3, -0.25) is 9.59 Å². The summed E-state index contributed by atoms with van der Waals surface area (Å²) >= 11 is 7.13. The molecule has 1 unspecified atom stereocenters. The van der Waals surface area contributed by atoms with E-state index in [0.29, 0.717) is 17.9 Å². The van der Waals surface area contributed by atoms with Crippen molar-refractivity contribution in [3.8, 4) is 0 Å². The van der Waals surface area contributed by atoms with Crippen LogP contribution in [0.4, 0.5) is 10.1 Å². The number of carbonyl (C=O) groups excluding carboxylic acids is 2. The summed E-state index contributed by atoms with van der Waals surface area (Å²) in [4.78, 5) is 22.7. The number of esters is 1. The molecule has 116 valence electrons. The molecule has 1 aromatic rings. The van der Waals surface area contributed by atoms with E-state index in [1.807, 2.05) is 0 Å². The Labute approximate surface area is 131 Å². The third kappa shape index (κ3) is 6.33. The zero-order chi connectivity index (χ0) is 15.8. The lowest BCUT2D eigenvalue weighted by Gasteiger charge is -2.09. The molecular formula is C13H16ClFN2O3S. The van der Waals surface area contributed by atoms with Gasteiger partial charge in [0.05, 0.1) is 23.6 Å². The predicted octanol–water partition coefficient (Wildman–Crippen LogP) is 2.04. The Kier molecular flexibility index (Phi) is 7.49. The summed E-state index contributed by atoms with van der Waals surface area (Å²) in [6.07, 6.45) is 0.419. The Bertz CT molecular complexity index is 516. The summed E-state index contributed by atoms with van der Waals surface area (Å²) in [5.74, 6) is -0.481. The summed E-state index contributed by atoms with van der Waals surface area (Å²) in [6, 6.07) is 3.05. The zero-order valence-corrected chi connectivity index (χ0v) is 13.0. The first kappa shape index (κ1) is 17.7. The number of anilines is 1. The lowest BCUT2D eigenvalue weighted by Crippen LogP contribution is -2.32. The van der Waals surface area contributed by atoms with Crippen LogP contribution in [0.25, 0.3) is 0 Å². The molecule has 0 fully saturated rings. The molecule has 1 amide bonds. The molecule has 5 nitrogen and oxygen atoms in total. The van der Waals surface area contributed by atoms with Gasteiger partial charge in [0.15, 0.2) is 0 Å². The first-order valence-corrected chi connectivity index (χ1v) is 7.63. The molecule has 8 heteroatoms. The van der Waals surface area contributed by atoms with Gasteiger partial charge < -0.3 is 15.8 Å². The summed E-state index contributed by atoms with van der Waals surface area (Å²) in [5.41, 5.74) is 5.92. The monoisotopic (exact) mass is 334 g/mol. The number of rotatable bonds is 7. The van der Waals surface area contributed by atoms with Gasteiger partial charge >= 0.3 is 5.97 Å². The van der Waals surface area contributed by atoms with Crippen LogP contribution < -0.4 is 11.1 Å². The number of thioether (sulfide) groups is 1. The molecule has 0 aliphatic rings. The van der Waals surface area contributed by atoms with Crippen LogP contribution in [0.15, 0.2) is 18.2 Å². The second kappa shape index (κ2) is 8.86. The Hall–Kier alpha value is -1.31. The van der Waals surface area contributed by atoms with Gasteiger partial charge in [-0.15, -0.1) is 0 Å². The zero-order valence-electron chi connectivity index (χ0n) is 11.4. The van der Waals surface area contributed by atoms with Crippen molar-refractivity contribution in [3.63, 3.8) is 0 Å². The minimum Gasteiger partial charge on any atom is -0.468 e. The number of hydrogen-bond donors (Lipinski definition) is 2. The molecule has 21 heavy (non-hydrogen) atoms. The third-order valence-electron chi connectivity index (χ3n) is 2.52. The maximum Gasteiger partial charge on any atom is 0.322 e. The maximum absolute atomic E-state index is 12.9. The quantitative estimate of drug-likeness (QED) is 0.589. The van der Waals surface area contributed by atoms with Crippen molar-refractivity contribution in [3.05, 3.63) is 29.0 Å². The van der Waals surface area contributed by atoms with Gasteiger partial charge in [-0.2, -0.15) is 11.8 Å². The largest absolute Gasteiger partial charge is 0.468 e. The minimum atomic E-state index is -0.683. The molecule has 0 heterocycles. The average Bonchev–Trinajstić information content (AvgIpc) is 2.45. The van der Waals surface area contributed by atoms with Crippen LogP contribution >= 0.6 is 23.4 Å². The topological polar surface area (TPSA) is 81.4 Å². The second-order valence-corrected chi connectivity index (χ2v) is 5.66. The first-order chi connectivity index (χ1) is 9.93. The standard InChI is InChI=1S/C13H16ClFN2O3S/c1-20-13(19)10(16)4-5-21-7-12(18)17-11-3-2-8(15)6-9(11)14/h2-3,6,10H,4-5,7,16H2,1H3,(H,17,18). The van der Waals surface area contributed by atoms with Crippen molar-refractivity contribution >= 4 is 40.9 Å². The molecule has 1 rings (SSSR count). The number of hydrogen-bond acceptors (Lipinski definition) is 5. The van der Waals surface area contributed by atoms with Crippen LogP contribution in [0.3, 0.4) is 0 Å². The number of halogens is 2. The van der Waals surface area contributed by atoms with Crippen LogP contribution in [0.5, 0.6) is 0 Å². The normalized spacial score (nSPS) is 11.8. The van der Waals surface area contributed by atoms with Crippen molar-refractivity contribution in [1.82, 2.24) is 0 Å². The van der Waals surface area contributed by atoms with E-state index in [1.54, 1.807) is 0 Å². The number of benzene rings is 1. The van der Waals surface area contributed by atoms with Crippen LogP contribution in [-0.2, 0) is 14.3 Å². The number of methoxy groups -OCH3 is 1. The fourth-order valence-corrected chi connectivity index (χ4v) is 2.46. The van der Waals surface area contributed by atoms with Crippen molar-refractivity contribution in [2.45, 2.75) is 12.5 Å².